The molecule has 2 aromatic rings. The van der Waals surface area contributed by atoms with E-state index in [1.165, 1.54) is 42.3 Å². The van der Waals surface area contributed by atoms with Crippen LogP contribution in [-0.4, -0.2) is 11.5 Å². The highest BCUT2D eigenvalue weighted by Gasteiger charge is 2.21. The number of H-pyrrole nitrogens is 1. The van der Waals surface area contributed by atoms with Crippen LogP contribution in [0, 0.1) is 5.92 Å². The van der Waals surface area contributed by atoms with Gasteiger partial charge in [-0.3, -0.25) is 0 Å². The van der Waals surface area contributed by atoms with Crippen LogP contribution < -0.4 is 5.73 Å². The summed E-state index contributed by atoms with van der Waals surface area (Å²) < 4.78 is 0. The van der Waals surface area contributed by atoms with Crippen LogP contribution in [-0.2, 0) is 12.8 Å². The summed E-state index contributed by atoms with van der Waals surface area (Å²) in [6, 6.07) is 8.63. The highest BCUT2D eigenvalue weighted by atomic mass is 14.7. The standard InChI is InChI=1S/C14H18N2/c15-8-7-10-5-6-14-12(9-10)11-3-1-2-4-13(11)16-14/h1-4,10,16H,5-9,15H2. The Bertz CT molecular complexity index is 498. The molecule has 84 valence electrons. The second kappa shape index (κ2) is 3.95. The molecule has 0 radical (unpaired) electrons. The monoisotopic (exact) mass is 214 g/mol. The Hall–Kier alpha value is -1.28. The fourth-order valence-electron chi connectivity index (χ4n) is 2.92. The largest absolute Gasteiger partial charge is 0.358 e. The Morgan fingerprint density at radius 2 is 2.19 bits per heavy atom. The molecule has 1 aromatic carbocycles. The van der Waals surface area contributed by atoms with Crippen molar-refractivity contribution in [3.8, 4) is 0 Å². The topological polar surface area (TPSA) is 41.8 Å². The first kappa shape index (κ1) is 9.91. The number of hydrogen-bond acceptors (Lipinski definition) is 1. The van der Waals surface area contributed by atoms with Crippen LogP contribution in [0.3, 0.4) is 0 Å². The molecular weight excluding hydrogens is 196 g/mol. The molecule has 1 heterocycles. The zero-order chi connectivity index (χ0) is 11.0. The summed E-state index contributed by atoms with van der Waals surface area (Å²) in [5.41, 5.74) is 9.95. The van der Waals surface area contributed by atoms with Gasteiger partial charge >= 0.3 is 0 Å². The van der Waals surface area contributed by atoms with E-state index in [1.807, 2.05) is 0 Å². The molecular formula is C14H18N2. The molecule has 0 amide bonds. The number of para-hydroxylation sites is 1. The van der Waals surface area contributed by atoms with E-state index in [9.17, 15) is 0 Å². The highest BCUT2D eigenvalue weighted by Crippen LogP contribution is 2.32. The fraction of sp³-hybridized carbons (Fsp3) is 0.429. The van der Waals surface area contributed by atoms with Crippen LogP contribution in [0.15, 0.2) is 24.3 Å². The maximum Gasteiger partial charge on any atom is 0.0458 e. The molecule has 1 aromatic heterocycles. The molecule has 0 bridgehead atoms. The molecule has 3 rings (SSSR count). The summed E-state index contributed by atoms with van der Waals surface area (Å²) in [6.45, 7) is 0.822. The van der Waals surface area contributed by atoms with E-state index >= 15 is 0 Å². The maximum atomic E-state index is 5.66. The molecule has 16 heavy (non-hydrogen) atoms. The number of aromatic nitrogens is 1. The summed E-state index contributed by atoms with van der Waals surface area (Å²) in [5.74, 6) is 0.789. The van der Waals surface area contributed by atoms with E-state index in [1.54, 1.807) is 5.56 Å². The molecule has 1 aliphatic rings. The molecule has 2 heteroatoms. The van der Waals surface area contributed by atoms with Gasteiger partial charge in [-0.2, -0.15) is 0 Å². The first-order valence-electron chi connectivity index (χ1n) is 6.17. The Labute approximate surface area is 95.8 Å². The molecule has 0 aliphatic heterocycles. The van der Waals surface area contributed by atoms with E-state index < -0.39 is 0 Å². The van der Waals surface area contributed by atoms with Gasteiger partial charge in [0.25, 0.3) is 0 Å². The van der Waals surface area contributed by atoms with Crippen molar-refractivity contribution < 1.29 is 0 Å². The number of fused-ring (bicyclic) bond motifs is 3. The number of hydrogen-bond donors (Lipinski definition) is 2. The van der Waals surface area contributed by atoms with Crippen molar-refractivity contribution in [1.82, 2.24) is 4.98 Å². The minimum atomic E-state index is 0.789. The van der Waals surface area contributed by atoms with Gasteiger partial charge in [-0.05, 0) is 49.8 Å². The van der Waals surface area contributed by atoms with Crippen LogP contribution in [0.4, 0.5) is 0 Å². The Morgan fingerprint density at radius 3 is 3.06 bits per heavy atom. The molecule has 0 saturated carbocycles. The average molecular weight is 214 g/mol. The fourth-order valence-corrected chi connectivity index (χ4v) is 2.92. The molecule has 0 spiro atoms. The van der Waals surface area contributed by atoms with Gasteiger partial charge in [-0.1, -0.05) is 18.2 Å². The van der Waals surface area contributed by atoms with Crippen LogP contribution in [0.2, 0.25) is 0 Å². The van der Waals surface area contributed by atoms with Gasteiger partial charge in [0.2, 0.25) is 0 Å². The zero-order valence-electron chi connectivity index (χ0n) is 9.50. The quantitative estimate of drug-likeness (QED) is 0.792. The number of rotatable bonds is 2. The predicted molar refractivity (Wildman–Crippen MR) is 67.5 cm³/mol. The van der Waals surface area contributed by atoms with E-state index in [0.29, 0.717) is 0 Å². The lowest BCUT2D eigenvalue weighted by molar-refractivity contribution is 0.432. The smallest absolute Gasteiger partial charge is 0.0458 e. The van der Waals surface area contributed by atoms with Crippen molar-refractivity contribution >= 4 is 10.9 Å². The average Bonchev–Trinajstić information content (AvgIpc) is 2.68. The van der Waals surface area contributed by atoms with Crippen molar-refractivity contribution in [2.45, 2.75) is 25.7 Å². The second-order valence-corrected chi connectivity index (χ2v) is 4.81. The Kier molecular flexibility index (Phi) is 2.44. The summed E-state index contributed by atoms with van der Waals surface area (Å²) in [5, 5.41) is 1.42. The summed E-state index contributed by atoms with van der Waals surface area (Å²) in [6.07, 6.45) is 4.85. The minimum Gasteiger partial charge on any atom is -0.358 e. The molecule has 0 saturated heterocycles. The van der Waals surface area contributed by atoms with Gasteiger partial charge in [0.15, 0.2) is 0 Å². The third-order valence-electron chi connectivity index (χ3n) is 3.77. The number of nitrogens with one attached hydrogen (secondary N) is 1. The van der Waals surface area contributed by atoms with Gasteiger partial charge in [0, 0.05) is 16.6 Å². The summed E-state index contributed by atoms with van der Waals surface area (Å²) >= 11 is 0. The van der Waals surface area contributed by atoms with E-state index in [-0.39, 0.29) is 0 Å². The number of aryl methyl sites for hydroxylation is 1. The van der Waals surface area contributed by atoms with Crippen LogP contribution in [0.1, 0.15) is 24.1 Å². The lowest BCUT2D eigenvalue weighted by Crippen LogP contribution is -2.17. The third-order valence-corrected chi connectivity index (χ3v) is 3.77. The van der Waals surface area contributed by atoms with Gasteiger partial charge in [0.05, 0.1) is 0 Å². The van der Waals surface area contributed by atoms with Crippen molar-refractivity contribution in [2.75, 3.05) is 6.54 Å². The van der Waals surface area contributed by atoms with Crippen LogP contribution in [0.5, 0.6) is 0 Å². The SMILES string of the molecule is NCCC1CCc2[nH]c3ccccc3c2C1. The van der Waals surface area contributed by atoms with E-state index in [0.717, 1.165) is 12.5 Å². The number of aromatic amines is 1. The molecule has 2 nitrogen and oxygen atoms in total. The van der Waals surface area contributed by atoms with E-state index in [4.69, 9.17) is 5.73 Å². The zero-order valence-corrected chi connectivity index (χ0v) is 9.50. The van der Waals surface area contributed by atoms with Gasteiger partial charge in [-0.15, -0.1) is 0 Å². The molecule has 1 unspecified atom stereocenters. The van der Waals surface area contributed by atoms with Gasteiger partial charge in [0.1, 0.15) is 0 Å². The summed E-state index contributed by atoms with van der Waals surface area (Å²) in [7, 11) is 0. The molecule has 3 N–H and O–H groups in total. The van der Waals surface area contributed by atoms with Crippen molar-refractivity contribution in [2.24, 2.45) is 11.7 Å². The van der Waals surface area contributed by atoms with Gasteiger partial charge < -0.3 is 10.7 Å². The predicted octanol–water partition coefficient (Wildman–Crippen LogP) is 2.62. The normalized spacial score (nSPS) is 19.9. The van der Waals surface area contributed by atoms with Crippen molar-refractivity contribution in [1.29, 1.82) is 0 Å². The first-order chi connectivity index (χ1) is 7.88. The van der Waals surface area contributed by atoms with Crippen LogP contribution >= 0.6 is 0 Å². The number of nitrogens with two attached hydrogens (primary N) is 1. The molecule has 1 atom stereocenters. The van der Waals surface area contributed by atoms with Crippen LogP contribution in [0.25, 0.3) is 10.9 Å². The van der Waals surface area contributed by atoms with E-state index in [2.05, 4.69) is 29.2 Å². The maximum absolute atomic E-state index is 5.66. The molecule has 0 fully saturated rings. The lowest BCUT2D eigenvalue weighted by atomic mass is 9.84. The summed E-state index contributed by atoms with van der Waals surface area (Å²) in [4.78, 5) is 3.55. The highest BCUT2D eigenvalue weighted by molar-refractivity contribution is 5.84. The second-order valence-electron chi connectivity index (χ2n) is 4.81. The van der Waals surface area contributed by atoms with Crippen molar-refractivity contribution in [3.05, 3.63) is 35.5 Å². The molecule has 1 aliphatic carbocycles. The lowest BCUT2D eigenvalue weighted by Gasteiger charge is -2.21. The number of benzene rings is 1. The third kappa shape index (κ3) is 1.54. The Morgan fingerprint density at radius 1 is 1.31 bits per heavy atom. The first-order valence-corrected chi connectivity index (χ1v) is 6.17. The van der Waals surface area contributed by atoms with Gasteiger partial charge in [-0.25, -0.2) is 0 Å². The van der Waals surface area contributed by atoms with Crippen molar-refractivity contribution in [3.63, 3.8) is 0 Å². The Balaban J connectivity index is 2.01. The minimum absolute atomic E-state index is 0.789.